The fourth-order valence-electron chi connectivity index (χ4n) is 2.94. The van der Waals surface area contributed by atoms with Crippen molar-refractivity contribution in [2.24, 2.45) is 0 Å². The first kappa shape index (κ1) is 12.9. The molecule has 5 heteroatoms. The lowest BCUT2D eigenvalue weighted by atomic mass is 9.95. The van der Waals surface area contributed by atoms with E-state index < -0.39 is 0 Å². The predicted molar refractivity (Wildman–Crippen MR) is 84.1 cm³/mol. The quantitative estimate of drug-likeness (QED) is 0.790. The monoisotopic (exact) mass is 293 g/mol. The van der Waals surface area contributed by atoms with Gasteiger partial charge in [-0.3, -0.25) is 4.79 Å². The molecule has 1 aliphatic rings. The molecule has 1 aliphatic heterocycles. The molecule has 0 bridgehead atoms. The number of rotatable bonds is 2. The Bertz CT molecular complexity index is 850. The standard InChI is InChI=1S/C17H15N3O2/c1-22-14-7-5-11(12-6-8-16(21)19-17(12)14)13-10-20-9-3-2-4-15(20)18-13/h2-5,7,9-10H,6,8H2,1H3,(H,19,21). The van der Waals surface area contributed by atoms with Gasteiger partial charge in [0.15, 0.2) is 0 Å². The van der Waals surface area contributed by atoms with Crippen molar-refractivity contribution in [3.63, 3.8) is 0 Å². The number of aromatic nitrogens is 2. The Morgan fingerprint density at radius 2 is 2.14 bits per heavy atom. The maximum atomic E-state index is 11.7. The van der Waals surface area contributed by atoms with Crippen LogP contribution >= 0.6 is 0 Å². The largest absolute Gasteiger partial charge is 0.495 e. The number of carbonyl (C=O) groups excluding carboxylic acids is 1. The third-order valence-electron chi connectivity index (χ3n) is 4.00. The van der Waals surface area contributed by atoms with Crippen molar-refractivity contribution >= 4 is 17.2 Å². The summed E-state index contributed by atoms with van der Waals surface area (Å²) < 4.78 is 7.36. The smallest absolute Gasteiger partial charge is 0.224 e. The number of pyridine rings is 1. The van der Waals surface area contributed by atoms with Crippen molar-refractivity contribution in [3.8, 4) is 17.0 Å². The number of imidazole rings is 1. The highest BCUT2D eigenvalue weighted by Crippen LogP contribution is 2.39. The van der Waals surface area contributed by atoms with Crippen LogP contribution in [0.25, 0.3) is 16.9 Å². The first-order valence-electron chi connectivity index (χ1n) is 7.20. The summed E-state index contributed by atoms with van der Waals surface area (Å²) in [6.45, 7) is 0. The summed E-state index contributed by atoms with van der Waals surface area (Å²) in [5.74, 6) is 0.716. The molecule has 0 aliphatic carbocycles. The third kappa shape index (κ3) is 1.94. The zero-order valence-electron chi connectivity index (χ0n) is 12.2. The molecule has 0 saturated carbocycles. The van der Waals surface area contributed by atoms with Crippen LogP contribution in [0.15, 0.2) is 42.7 Å². The van der Waals surface area contributed by atoms with Gasteiger partial charge in [-0.1, -0.05) is 6.07 Å². The molecule has 0 radical (unpaired) electrons. The summed E-state index contributed by atoms with van der Waals surface area (Å²) in [5, 5.41) is 2.92. The van der Waals surface area contributed by atoms with Gasteiger partial charge in [-0.15, -0.1) is 0 Å². The van der Waals surface area contributed by atoms with Crippen LogP contribution in [0.2, 0.25) is 0 Å². The molecule has 0 unspecified atom stereocenters. The van der Waals surface area contributed by atoms with E-state index in [4.69, 9.17) is 4.74 Å². The van der Waals surface area contributed by atoms with Gasteiger partial charge in [-0.05, 0) is 36.2 Å². The first-order chi connectivity index (χ1) is 10.8. The van der Waals surface area contributed by atoms with Crippen LogP contribution in [0.4, 0.5) is 5.69 Å². The second kappa shape index (κ2) is 4.87. The summed E-state index contributed by atoms with van der Waals surface area (Å²) in [6, 6.07) is 9.81. The molecule has 1 amide bonds. The van der Waals surface area contributed by atoms with E-state index in [0.29, 0.717) is 18.6 Å². The molecule has 4 rings (SSSR count). The topological polar surface area (TPSA) is 55.6 Å². The second-order valence-electron chi connectivity index (χ2n) is 5.31. The molecule has 2 aromatic heterocycles. The van der Waals surface area contributed by atoms with Crippen LogP contribution in [-0.2, 0) is 11.2 Å². The van der Waals surface area contributed by atoms with Crippen molar-refractivity contribution in [3.05, 3.63) is 48.3 Å². The van der Waals surface area contributed by atoms with E-state index in [1.807, 2.05) is 47.1 Å². The lowest BCUT2D eigenvalue weighted by molar-refractivity contribution is -0.116. The predicted octanol–water partition coefficient (Wildman–Crippen LogP) is 2.89. The SMILES string of the molecule is COc1ccc(-c2cn3ccccc3n2)c2c1NC(=O)CC2. The van der Waals surface area contributed by atoms with Crippen LogP contribution < -0.4 is 10.1 Å². The number of hydrogen-bond donors (Lipinski definition) is 1. The van der Waals surface area contributed by atoms with E-state index in [-0.39, 0.29) is 5.91 Å². The van der Waals surface area contributed by atoms with Gasteiger partial charge in [0.25, 0.3) is 0 Å². The van der Waals surface area contributed by atoms with Crippen LogP contribution in [0.1, 0.15) is 12.0 Å². The Balaban J connectivity index is 1.91. The Hall–Kier alpha value is -2.82. The van der Waals surface area contributed by atoms with Crippen molar-refractivity contribution in [2.45, 2.75) is 12.8 Å². The molecule has 1 aromatic carbocycles. The Morgan fingerprint density at radius 1 is 1.23 bits per heavy atom. The molecule has 0 saturated heterocycles. The van der Waals surface area contributed by atoms with Gasteiger partial charge in [0, 0.05) is 24.4 Å². The maximum Gasteiger partial charge on any atom is 0.224 e. The molecular formula is C17H15N3O2. The summed E-state index contributed by atoms with van der Waals surface area (Å²) in [7, 11) is 1.61. The first-order valence-corrected chi connectivity index (χ1v) is 7.20. The number of nitrogens with zero attached hydrogens (tertiary/aromatic N) is 2. The molecule has 0 atom stereocenters. The van der Waals surface area contributed by atoms with Crippen molar-refractivity contribution < 1.29 is 9.53 Å². The van der Waals surface area contributed by atoms with Crippen LogP contribution in [-0.4, -0.2) is 22.4 Å². The van der Waals surface area contributed by atoms with Crippen molar-refractivity contribution in [1.82, 2.24) is 9.38 Å². The minimum absolute atomic E-state index is 0.0259. The molecule has 110 valence electrons. The second-order valence-corrected chi connectivity index (χ2v) is 5.31. The van der Waals surface area contributed by atoms with Gasteiger partial charge in [0.2, 0.25) is 5.91 Å². The lowest BCUT2D eigenvalue weighted by Gasteiger charge is -2.21. The molecule has 22 heavy (non-hydrogen) atoms. The fourth-order valence-corrected chi connectivity index (χ4v) is 2.94. The van der Waals surface area contributed by atoms with Gasteiger partial charge >= 0.3 is 0 Å². The number of methoxy groups -OCH3 is 1. The number of hydrogen-bond acceptors (Lipinski definition) is 3. The Labute approximate surface area is 127 Å². The summed E-state index contributed by atoms with van der Waals surface area (Å²) in [6.07, 6.45) is 5.17. The number of carbonyl (C=O) groups is 1. The van der Waals surface area contributed by atoms with Crippen LogP contribution in [0, 0.1) is 0 Å². The van der Waals surface area contributed by atoms with Crippen molar-refractivity contribution in [1.29, 1.82) is 0 Å². The highest BCUT2D eigenvalue weighted by molar-refractivity contribution is 5.97. The number of fused-ring (bicyclic) bond motifs is 2. The molecule has 5 nitrogen and oxygen atoms in total. The Kier molecular flexibility index (Phi) is 2.85. The third-order valence-corrected chi connectivity index (χ3v) is 4.00. The highest BCUT2D eigenvalue weighted by Gasteiger charge is 2.23. The van der Waals surface area contributed by atoms with Gasteiger partial charge in [-0.2, -0.15) is 0 Å². The number of ether oxygens (including phenoxy) is 1. The summed E-state index contributed by atoms with van der Waals surface area (Å²) >= 11 is 0. The molecule has 1 N–H and O–H groups in total. The molecule has 3 heterocycles. The van der Waals surface area contributed by atoms with E-state index in [0.717, 1.165) is 28.2 Å². The summed E-state index contributed by atoms with van der Waals surface area (Å²) in [4.78, 5) is 16.4. The van der Waals surface area contributed by atoms with Crippen LogP contribution in [0.5, 0.6) is 5.75 Å². The minimum atomic E-state index is 0.0259. The number of amides is 1. The van der Waals surface area contributed by atoms with Crippen LogP contribution in [0.3, 0.4) is 0 Å². The maximum absolute atomic E-state index is 11.7. The van der Waals surface area contributed by atoms with E-state index in [1.54, 1.807) is 7.11 Å². The lowest BCUT2D eigenvalue weighted by Crippen LogP contribution is -2.20. The van der Waals surface area contributed by atoms with E-state index in [2.05, 4.69) is 10.3 Å². The number of anilines is 1. The average Bonchev–Trinajstić information content (AvgIpc) is 2.97. The normalized spacial score (nSPS) is 13.8. The van der Waals surface area contributed by atoms with E-state index in [9.17, 15) is 4.79 Å². The van der Waals surface area contributed by atoms with Gasteiger partial charge in [0.05, 0.1) is 18.5 Å². The average molecular weight is 293 g/mol. The highest BCUT2D eigenvalue weighted by atomic mass is 16.5. The molecule has 0 spiro atoms. The Morgan fingerprint density at radius 3 is 2.95 bits per heavy atom. The van der Waals surface area contributed by atoms with Gasteiger partial charge < -0.3 is 14.5 Å². The minimum Gasteiger partial charge on any atom is -0.495 e. The van der Waals surface area contributed by atoms with Gasteiger partial charge in [0.1, 0.15) is 11.4 Å². The zero-order chi connectivity index (χ0) is 15.1. The number of nitrogens with one attached hydrogen (secondary N) is 1. The van der Waals surface area contributed by atoms with Gasteiger partial charge in [-0.25, -0.2) is 4.98 Å². The molecule has 3 aromatic rings. The zero-order valence-corrected chi connectivity index (χ0v) is 12.2. The number of benzene rings is 1. The van der Waals surface area contributed by atoms with E-state index >= 15 is 0 Å². The summed E-state index contributed by atoms with van der Waals surface area (Å²) in [5.41, 5.74) is 4.71. The fraction of sp³-hybridized carbons (Fsp3) is 0.176. The van der Waals surface area contributed by atoms with Crippen molar-refractivity contribution in [2.75, 3.05) is 12.4 Å². The molecular weight excluding hydrogens is 278 g/mol. The van der Waals surface area contributed by atoms with E-state index in [1.165, 1.54) is 0 Å². The molecule has 0 fully saturated rings.